The highest BCUT2D eigenvalue weighted by atomic mass is 16.5. The largest absolute Gasteiger partial charge is 0.376 e. The summed E-state index contributed by atoms with van der Waals surface area (Å²) in [6, 6.07) is 18.1. The Labute approximate surface area is 194 Å². The number of para-hydroxylation sites is 1. The lowest BCUT2D eigenvalue weighted by molar-refractivity contribution is -0.0597. The van der Waals surface area contributed by atoms with E-state index in [1.165, 1.54) is 0 Å². The van der Waals surface area contributed by atoms with Gasteiger partial charge in [0.25, 0.3) is 5.91 Å². The number of rotatable bonds is 4. The van der Waals surface area contributed by atoms with Crippen LogP contribution in [-0.4, -0.2) is 34.7 Å². The second-order valence-corrected chi connectivity index (χ2v) is 10.1. The van der Waals surface area contributed by atoms with E-state index in [-0.39, 0.29) is 17.4 Å². The van der Waals surface area contributed by atoms with E-state index in [2.05, 4.69) is 32.9 Å². The summed E-state index contributed by atoms with van der Waals surface area (Å²) >= 11 is 0. The number of hydrogen-bond acceptors (Lipinski definition) is 4. The number of benzene rings is 1. The molecule has 3 aromatic rings. The zero-order valence-electron chi connectivity index (χ0n) is 19.7. The zero-order chi connectivity index (χ0) is 23.4. The van der Waals surface area contributed by atoms with E-state index in [1.54, 1.807) is 11.9 Å². The summed E-state index contributed by atoms with van der Waals surface area (Å²) in [6.07, 6.45) is 2.58. The number of pyridine rings is 1. The first kappa shape index (κ1) is 21.7. The fourth-order valence-corrected chi connectivity index (χ4v) is 5.27. The molecule has 1 saturated carbocycles. The highest BCUT2D eigenvalue weighted by Gasteiger charge is 2.55. The van der Waals surface area contributed by atoms with Crippen LogP contribution >= 0.6 is 0 Å². The predicted octanol–water partition coefficient (Wildman–Crippen LogP) is 5.24. The molecule has 3 atom stereocenters. The Kier molecular flexibility index (Phi) is 5.06. The molecular formula is C27H30N4O2. The molecule has 170 valence electrons. The lowest BCUT2D eigenvalue weighted by Gasteiger charge is -2.35. The number of amides is 1. The van der Waals surface area contributed by atoms with Crippen molar-refractivity contribution < 1.29 is 9.53 Å². The number of nitriles is 1. The number of anilines is 1. The highest BCUT2D eigenvalue weighted by Crippen LogP contribution is 2.52. The Morgan fingerprint density at radius 1 is 1.21 bits per heavy atom. The van der Waals surface area contributed by atoms with Crippen molar-refractivity contribution >= 4 is 22.6 Å². The Balaban J connectivity index is 1.61. The van der Waals surface area contributed by atoms with Gasteiger partial charge < -0.3 is 14.2 Å². The molecule has 5 rings (SSSR count). The number of nitrogens with zero attached hydrogens (tertiary/aromatic N) is 4. The molecule has 3 heterocycles. The number of aromatic nitrogens is 2. The second-order valence-electron chi connectivity index (χ2n) is 10.1. The lowest BCUT2D eigenvalue weighted by atomic mass is 9.86. The molecule has 1 aliphatic carbocycles. The number of hydrogen-bond donors (Lipinski definition) is 0. The van der Waals surface area contributed by atoms with E-state index in [0.29, 0.717) is 11.6 Å². The van der Waals surface area contributed by atoms with E-state index in [4.69, 9.17) is 9.72 Å². The highest BCUT2D eigenvalue weighted by molar-refractivity contribution is 6.07. The Hall–Kier alpha value is -3.17. The molecule has 6 nitrogen and oxygen atoms in total. The zero-order valence-corrected chi connectivity index (χ0v) is 19.7. The van der Waals surface area contributed by atoms with Gasteiger partial charge in [-0.25, -0.2) is 0 Å². The summed E-state index contributed by atoms with van der Waals surface area (Å²) in [4.78, 5) is 20.3. The Morgan fingerprint density at radius 3 is 2.58 bits per heavy atom. The average Bonchev–Trinajstić information content (AvgIpc) is 3.32. The third-order valence-corrected chi connectivity index (χ3v) is 7.33. The standard InChI is InChI=1S/C27H30N4O2/c1-18-15-27(18,17-28)31-23-11-10-21(19-12-13-33-26(2,3)16-19)29-22(23)14-24(31)25(32)30(4)20-8-6-5-7-9-20/h5-11,14,18-19H,12-13,15-16H2,1-4H3/t18-,19?,27+/m0/s1. The van der Waals surface area contributed by atoms with Gasteiger partial charge in [0.05, 0.1) is 22.7 Å². The minimum atomic E-state index is -0.700. The van der Waals surface area contributed by atoms with Gasteiger partial charge in [-0.3, -0.25) is 9.78 Å². The average molecular weight is 443 g/mol. The van der Waals surface area contributed by atoms with Crippen molar-refractivity contribution in [1.29, 1.82) is 5.26 Å². The van der Waals surface area contributed by atoms with E-state index in [0.717, 1.165) is 48.3 Å². The number of fused-ring (bicyclic) bond motifs is 1. The fourth-order valence-electron chi connectivity index (χ4n) is 5.27. The van der Waals surface area contributed by atoms with Crippen LogP contribution in [-0.2, 0) is 10.3 Å². The van der Waals surface area contributed by atoms with Gasteiger partial charge in [-0.05, 0) is 69.4 Å². The van der Waals surface area contributed by atoms with E-state index in [9.17, 15) is 10.1 Å². The van der Waals surface area contributed by atoms with E-state index >= 15 is 0 Å². The maximum absolute atomic E-state index is 13.7. The Bertz CT molecular complexity index is 1260. The molecule has 1 amide bonds. The van der Waals surface area contributed by atoms with Gasteiger partial charge in [0.15, 0.2) is 0 Å². The molecule has 1 aromatic carbocycles. The van der Waals surface area contributed by atoms with E-state index in [1.807, 2.05) is 47.0 Å². The maximum Gasteiger partial charge on any atom is 0.274 e. The predicted molar refractivity (Wildman–Crippen MR) is 128 cm³/mol. The van der Waals surface area contributed by atoms with Crippen molar-refractivity contribution in [2.75, 3.05) is 18.6 Å². The quantitative estimate of drug-likeness (QED) is 0.554. The van der Waals surface area contributed by atoms with Crippen molar-refractivity contribution in [3.05, 3.63) is 59.9 Å². The number of ether oxygens (including phenoxy) is 1. The van der Waals surface area contributed by atoms with Crippen LogP contribution in [0.15, 0.2) is 48.5 Å². The molecular weight excluding hydrogens is 412 g/mol. The third-order valence-electron chi connectivity index (χ3n) is 7.33. The first-order chi connectivity index (χ1) is 15.8. The van der Waals surface area contributed by atoms with Gasteiger partial charge in [-0.2, -0.15) is 5.26 Å². The summed E-state index contributed by atoms with van der Waals surface area (Å²) in [6.45, 7) is 7.03. The van der Waals surface area contributed by atoms with Gasteiger partial charge in [0, 0.05) is 31.0 Å². The lowest BCUT2D eigenvalue weighted by Crippen LogP contribution is -2.33. The topological polar surface area (TPSA) is 71.2 Å². The molecule has 0 bridgehead atoms. The molecule has 6 heteroatoms. The molecule has 1 unspecified atom stereocenters. The molecule has 2 aromatic heterocycles. The third kappa shape index (κ3) is 3.61. The SMILES string of the molecule is C[C@H]1C[C@]1(C#N)n1c(C(=O)N(C)c2ccccc2)cc2nc(C3CCOC(C)(C)C3)ccc21. The minimum Gasteiger partial charge on any atom is -0.376 e. The van der Waals surface area contributed by atoms with Crippen LogP contribution in [0, 0.1) is 17.2 Å². The molecule has 1 saturated heterocycles. The van der Waals surface area contributed by atoms with Crippen molar-refractivity contribution in [1.82, 2.24) is 9.55 Å². The van der Waals surface area contributed by atoms with Crippen LogP contribution in [0.5, 0.6) is 0 Å². The molecule has 2 fully saturated rings. The second kappa shape index (κ2) is 7.71. The smallest absolute Gasteiger partial charge is 0.274 e. The van der Waals surface area contributed by atoms with Crippen LogP contribution in [0.1, 0.15) is 62.1 Å². The van der Waals surface area contributed by atoms with Gasteiger partial charge in [0.2, 0.25) is 0 Å². The number of carbonyl (C=O) groups is 1. The molecule has 0 radical (unpaired) electrons. The van der Waals surface area contributed by atoms with Crippen molar-refractivity contribution in [2.45, 2.75) is 57.1 Å². The first-order valence-electron chi connectivity index (χ1n) is 11.7. The molecule has 33 heavy (non-hydrogen) atoms. The van der Waals surface area contributed by atoms with Crippen LogP contribution < -0.4 is 4.90 Å². The van der Waals surface area contributed by atoms with Gasteiger partial charge in [-0.15, -0.1) is 0 Å². The summed E-state index contributed by atoms with van der Waals surface area (Å²) in [5.41, 5.74) is 3.11. The summed E-state index contributed by atoms with van der Waals surface area (Å²) < 4.78 is 7.83. The van der Waals surface area contributed by atoms with Crippen LogP contribution in [0.2, 0.25) is 0 Å². The summed E-state index contributed by atoms with van der Waals surface area (Å²) in [5.74, 6) is 0.363. The number of carbonyl (C=O) groups excluding carboxylic acids is 1. The van der Waals surface area contributed by atoms with Gasteiger partial charge in [-0.1, -0.05) is 25.1 Å². The van der Waals surface area contributed by atoms with Crippen LogP contribution in [0.3, 0.4) is 0 Å². The van der Waals surface area contributed by atoms with Crippen molar-refractivity contribution in [3.63, 3.8) is 0 Å². The molecule has 0 N–H and O–H groups in total. The van der Waals surface area contributed by atoms with Gasteiger partial charge >= 0.3 is 0 Å². The van der Waals surface area contributed by atoms with Crippen LogP contribution in [0.4, 0.5) is 5.69 Å². The first-order valence-corrected chi connectivity index (χ1v) is 11.7. The van der Waals surface area contributed by atoms with Gasteiger partial charge in [0.1, 0.15) is 11.2 Å². The minimum absolute atomic E-state index is 0.137. The monoisotopic (exact) mass is 442 g/mol. The van der Waals surface area contributed by atoms with Crippen molar-refractivity contribution in [3.8, 4) is 6.07 Å². The van der Waals surface area contributed by atoms with Crippen molar-refractivity contribution in [2.24, 2.45) is 5.92 Å². The summed E-state index contributed by atoms with van der Waals surface area (Å²) in [5, 5.41) is 10.1. The Morgan fingerprint density at radius 2 is 1.94 bits per heavy atom. The summed E-state index contributed by atoms with van der Waals surface area (Å²) in [7, 11) is 1.78. The maximum atomic E-state index is 13.7. The van der Waals surface area contributed by atoms with Crippen LogP contribution in [0.25, 0.3) is 11.0 Å². The van der Waals surface area contributed by atoms with E-state index < -0.39 is 5.54 Å². The normalized spacial score (nSPS) is 26.0. The fraction of sp³-hybridized carbons (Fsp3) is 0.444. The molecule has 1 aliphatic heterocycles. The molecule has 2 aliphatic rings. The molecule has 0 spiro atoms.